The Kier molecular flexibility index (Phi) is 5.16. The summed E-state index contributed by atoms with van der Waals surface area (Å²) < 4.78 is 0. The molecule has 1 aromatic rings. The van der Waals surface area contributed by atoms with Gasteiger partial charge in [0, 0.05) is 13.1 Å². The number of rotatable bonds is 5. The van der Waals surface area contributed by atoms with Gasteiger partial charge in [-0.1, -0.05) is 37.6 Å². The highest BCUT2D eigenvalue weighted by Gasteiger charge is 2.13. The number of aryl methyl sites for hydroxylation is 2. The summed E-state index contributed by atoms with van der Waals surface area (Å²) in [5.41, 5.74) is 3.47. The number of aliphatic hydroxyl groups excluding tert-OH is 1. The molecule has 0 aromatic heterocycles. The second-order valence-corrected chi connectivity index (χ2v) is 5.49. The van der Waals surface area contributed by atoms with Crippen molar-refractivity contribution in [3.63, 3.8) is 0 Å². The molecule has 0 heterocycles. The number of aliphatic hydroxyl groups is 1. The lowest BCUT2D eigenvalue weighted by atomic mass is 10.0. The molecule has 0 aliphatic heterocycles. The van der Waals surface area contributed by atoms with E-state index in [9.17, 15) is 5.11 Å². The first-order valence-corrected chi connectivity index (χ1v) is 6.34. The second kappa shape index (κ2) is 6.18. The average molecular weight is 235 g/mol. The maximum Gasteiger partial charge on any atom is 0.0919 e. The molecule has 1 N–H and O–H groups in total. The van der Waals surface area contributed by atoms with Crippen LogP contribution >= 0.6 is 0 Å². The van der Waals surface area contributed by atoms with E-state index < -0.39 is 0 Å². The summed E-state index contributed by atoms with van der Waals surface area (Å²) >= 11 is 0. The molecule has 1 unspecified atom stereocenters. The first-order valence-electron chi connectivity index (χ1n) is 6.34. The molecule has 2 heteroatoms. The molecule has 0 bridgehead atoms. The van der Waals surface area contributed by atoms with Crippen molar-refractivity contribution >= 4 is 0 Å². The van der Waals surface area contributed by atoms with Gasteiger partial charge in [0.15, 0.2) is 0 Å². The third-order valence-electron chi connectivity index (χ3n) is 2.95. The largest absolute Gasteiger partial charge is 0.387 e. The smallest absolute Gasteiger partial charge is 0.0919 e. The van der Waals surface area contributed by atoms with Gasteiger partial charge in [-0.25, -0.2) is 0 Å². The maximum absolute atomic E-state index is 10.2. The van der Waals surface area contributed by atoms with Crippen molar-refractivity contribution in [1.82, 2.24) is 4.90 Å². The molecular formula is C15H25NO. The van der Waals surface area contributed by atoms with Gasteiger partial charge in [0.25, 0.3) is 0 Å². The summed E-state index contributed by atoms with van der Waals surface area (Å²) in [6, 6.07) is 6.23. The number of benzene rings is 1. The van der Waals surface area contributed by atoms with Gasteiger partial charge < -0.3 is 10.0 Å². The van der Waals surface area contributed by atoms with Crippen LogP contribution in [0.5, 0.6) is 0 Å². The first kappa shape index (κ1) is 14.2. The zero-order valence-electron chi connectivity index (χ0n) is 11.7. The summed E-state index contributed by atoms with van der Waals surface area (Å²) in [6.07, 6.45) is -0.389. The van der Waals surface area contributed by atoms with Gasteiger partial charge in [-0.15, -0.1) is 0 Å². The summed E-state index contributed by atoms with van der Waals surface area (Å²) in [5.74, 6) is 0.631. The monoisotopic (exact) mass is 235 g/mol. The Morgan fingerprint density at radius 1 is 1.18 bits per heavy atom. The van der Waals surface area contributed by atoms with Crippen LogP contribution in [0.4, 0.5) is 0 Å². The number of hydrogen-bond donors (Lipinski definition) is 1. The molecule has 0 aliphatic carbocycles. The molecule has 0 saturated heterocycles. The van der Waals surface area contributed by atoms with Crippen LogP contribution in [0.1, 0.15) is 36.6 Å². The number of likely N-dealkylation sites (N-methyl/N-ethyl adjacent to an activating group) is 1. The molecular weight excluding hydrogens is 210 g/mol. The van der Waals surface area contributed by atoms with Gasteiger partial charge in [-0.3, -0.25) is 0 Å². The van der Waals surface area contributed by atoms with Crippen LogP contribution in [-0.2, 0) is 0 Å². The molecule has 17 heavy (non-hydrogen) atoms. The van der Waals surface area contributed by atoms with E-state index in [1.54, 1.807) is 0 Å². The molecule has 0 fully saturated rings. The minimum Gasteiger partial charge on any atom is -0.387 e. The minimum absolute atomic E-state index is 0.389. The van der Waals surface area contributed by atoms with Gasteiger partial charge in [-0.05, 0) is 37.9 Å². The standard InChI is InChI=1S/C15H25NO/c1-11(2)9-16(5)10-15(17)14-7-6-12(3)8-13(14)4/h6-8,11,15,17H,9-10H2,1-5H3. The van der Waals surface area contributed by atoms with E-state index in [0.29, 0.717) is 12.5 Å². The molecule has 0 saturated carbocycles. The van der Waals surface area contributed by atoms with E-state index in [1.807, 2.05) is 6.07 Å². The normalized spacial score (nSPS) is 13.4. The van der Waals surface area contributed by atoms with Crippen LogP contribution in [0.2, 0.25) is 0 Å². The topological polar surface area (TPSA) is 23.5 Å². The van der Waals surface area contributed by atoms with E-state index in [0.717, 1.165) is 12.1 Å². The highest BCUT2D eigenvalue weighted by Crippen LogP contribution is 2.19. The van der Waals surface area contributed by atoms with Crippen LogP contribution < -0.4 is 0 Å². The van der Waals surface area contributed by atoms with Crippen LogP contribution in [0.3, 0.4) is 0 Å². The predicted octanol–water partition coefficient (Wildman–Crippen LogP) is 2.92. The minimum atomic E-state index is -0.389. The van der Waals surface area contributed by atoms with Crippen LogP contribution in [0.25, 0.3) is 0 Å². The molecule has 2 nitrogen and oxygen atoms in total. The van der Waals surface area contributed by atoms with Crippen molar-refractivity contribution in [3.8, 4) is 0 Å². The zero-order chi connectivity index (χ0) is 13.0. The molecule has 1 atom stereocenters. The summed E-state index contributed by atoms with van der Waals surface area (Å²) in [4.78, 5) is 2.19. The lowest BCUT2D eigenvalue weighted by molar-refractivity contribution is 0.120. The van der Waals surface area contributed by atoms with Crippen molar-refractivity contribution in [2.75, 3.05) is 20.1 Å². The van der Waals surface area contributed by atoms with Crippen LogP contribution in [-0.4, -0.2) is 30.1 Å². The van der Waals surface area contributed by atoms with Gasteiger partial charge in [0.2, 0.25) is 0 Å². The van der Waals surface area contributed by atoms with Crippen LogP contribution in [0, 0.1) is 19.8 Å². The Hall–Kier alpha value is -0.860. The Morgan fingerprint density at radius 3 is 2.35 bits per heavy atom. The Bertz CT molecular complexity index is 360. The number of nitrogens with zero attached hydrogens (tertiary/aromatic N) is 1. The highest BCUT2D eigenvalue weighted by molar-refractivity contribution is 5.32. The van der Waals surface area contributed by atoms with E-state index >= 15 is 0 Å². The fourth-order valence-electron chi connectivity index (χ4n) is 2.29. The maximum atomic E-state index is 10.2. The Balaban J connectivity index is 2.66. The number of hydrogen-bond acceptors (Lipinski definition) is 2. The highest BCUT2D eigenvalue weighted by atomic mass is 16.3. The van der Waals surface area contributed by atoms with Gasteiger partial charge in [0.1, 0.15) is 0 Å². The molecule has 0 spiro atoms. The summed E-state index contributed by atoms with van der Waals surface area (Å²) in [5, 5.41) is 10.2. The third-order valence-corrected chi connectivity index (χ3v) is 2.95. The van der Waals surface area contributed by atoms with Crippen LogP contribution in [0.15, 0.2) is 18.2 Å². The molecule has 0 radical (unpaired) electrons. The quantitative estimate of drug-likeness (QED) is 0.848. The lowest BCUT2D eigenvalue weighted by Gasteiger charge is -2.23. The van der Waals surface area contributed by atoms with Crippen molar-refractivity contribution in [2.45, 2.75) is 33.8 Å². The lowest BCUT2D eigenvalue weighted by Crippen LogP contribution is -2.28. The summed E-state index contributed by atoms with van der Waals surface area (Å²) in [7, 11) is 2.06. The molecule has 1 rings (SSSR count). The average Bonchev–Trinajstić information content (AvgIpc) is 2.15. The van der Waals surface area contributed by atoms with Crippen molar-refractivity contribution in [3.05, 3.63) is 34.9 Å². The molecule has 96 valence electrons. The third kappa shape index (κ3) is 4.49. The van der Waals surface area contributed by atoms with Gasteiger partial charge in [-0.2, -0.15) is 0 Å². The molecule has 0 amide bonds. The SMILES string of the molecule is Cc1ccc(C(O)CN(C)CC(C)C)c(C)c1. The van der Waals surface area contributed by atoms with Crippen molar-refractivity contribution in [1.29, 1.82) is 0 Å². The van der Waals surface area contributed by atoms with E-state index in [2.05, 4.69) is 51.8 Å². The summed E-state index contributed by atoms with van der Waals surface area (Å²) in [6.45, 7) is 10.2. The fraction of sp³-hybridized carbons (Fsp3) is 0.600. The van der Waals surface area contributed by atoms with E-state index in [4.69, 9.17) is 0 Å². The Labute approximate surface area is 105 Å². The first-order chi connectivity index (χ1) is 7.90. The second-order valence-electron chi connectivity index (χ2n) is 5.49. The fourth-order valence-corrected chi connectivity index (χ4v) is 2.29. The van der Waals surface area contributed by atoms with Crippen molar-refractivity contribution in [2.24, 2.45) is 5.92 Å². The molecule has 1 aromatic carbocycles. The molecule has 0 aliphatic rings. The van der Waals surface area contributed by atoms with E-state index in [1.165, 1.54) is 11.1 Å². The van der Waals surface area contributed by atoms with Gasteiger partial charge >= 0.3 is 0 Å². The zero-order valence-corrected chi connectivity index (χ0v) is 11.7. The van der Waals surface area contributed by atoms with Gasteiger partial charge in [0.05, 0.1) is 6.10 Å². The Morgan fingerprint density at radius 2 is 1.82 bits per heavy atom. The van der Waals surface area contributed by atoms with Crippen molar-refractivity contribution < 1.29 is 5.11 Å². The van der Waals surface area contributed by atoms with E-state index in [-0.39, 0.29) is 6.10 Å². The predicted molar refractivity (Wildman–Crippen MR) is 73.2 cm³/mol.